The number of nitriles is 1. The van der Waals surface area contributed by atoms with Gasteiger partial charge in [0.25, 0.3) is 0 Å². The van der Waals surface area contributed by atoms with Gasteiger partial charge in [0.2, 0.25) is 0 Å². The van der Waals surface area contributed by atoms with E-state index < -0.39 is 0 Å². The Kier molecular flexibility index (Phi) is 3.59. The lowest BCUT2D eigenvalue weighted by atomic mass is 10.0. The van der Waals surface area contributed by atoms with E-state index in [1.165, 1.54) is 5.56 Å². The second-order valence-electron chi connectivity index (χ2n) is 4.31. The highest BCUT2D eigenvalue weighted by Crippen LogP contribution is 2.26. The van der Waals surface area contributed by atoms with Crippen LogP contribution < -0.4 is 4.74 Å². The molecule has 0 radical (unpaired) electrons. The molecule has 3 heteroatoms. The van der Waals surface area contributed by atoms with E-state index in [0.29, 0.717) is 17.2 Å². The molecule has 1 aromatic heterocycles. The number of rotatable bonds is 3. The van der Waals surface area contributed by atoms with Crippen LogP contribution in [0.15, 0.2) is 42.7 Å². The zero-order valence-electron chi connectivity index (χ0n) is 10.4. The minimum atomic E-state index is 0.442. The molecule has 0 aliphatic heterocycles. The lowest BCUT2D eigenvalue weighted by molar-refractivity contribution is 0.477. The SMILES string of the molecule is CC(C)c1cccc(Oc2cnccc2C#N)c1. The maximum atomic E-state index is 8.98. The summed E-state index contributed by atoms with van der Waals surface area (Å²) in [6.45, 7) is 4.26. The molecule has 90 valence electrons. The van der Waals surface area contributed by atoms with E-state index in [4.69, 9.17) is 10.00 Å². The van der Waals surface area contributed by atoms with Crippen LogP contribution in [0.25, 0.3) is 0 Å². The van der Waals surface area contributed by atoms with Gasteiger partial charge in [-0.2, -0.15) is 5.26 Å². The molecular formula is C15H14N2O. The predicted molar refractivity (Wildman–Crippen MR) is 69.6 cm³/mol. The van der Waals surface area contributed by atoms with E-state index in [9.17, 15) is 0 Å². The monoisotopic (exact) mass is 238 g/mol. The van der Waals surface area contributed by atoms with Crippen LogP contribution >= 0.6 is 0 Å². The van der Waals surface area contributed by atoms with Crippen molar-refractivity contribution in [3.63, 3.8) is 0 Å². The summed E-state index contributed by atoms with van der Waals surface area (Å²) in [6.07, 6.45) is 3.14. The van der Waals surface area contributed by atoms with Crippen molar-refractivity contribution < 1.29 is 4.74 Å². The Balaban J connectivity index is 2.29. The summed E-state index contributed by atoms with van der Waals surface area (Å²) in [5.74, 6) is 1.66. The standard InChI is InChI=1S/C15H14N2O/c1-11(2)12-4-3-5-14(8-12)18-15-10-17-7-6-13(15)9-16/h3-8,10-11H,1-2H3. The van der Waals surface area contributed by atoms with Crippen molar-refractivity contribution in [2.45, 2.75) is 19.8 Å². The summed E-state index contributed by atoms with van der Waals surface area (Å²) in [5.41, 5.74) is 1.69. The van der Waals surface area contributed by atoms with Crippen molar-refractivity contribution >= 4 is 0 Å². The van der Waals surface area contributed by atoms with Crippen molar-refractivity contribution in [3.05, 3.63) is 53.9 Å². The smallest absolute Gasteiger partial charge is 0.163 e. The molecule has 1 aromatic carbocycles. The number of ether oxygens (including phenoxy) is 1. The topological polar surface area (TPSA) is 45.9 Å². The Morgan fingerprint density at radius 1 is 1.28 bits per heavy atom. The van der Waals surface area contributed by atoms with E-state index in [2.05, 4.69) is 31.0 Å². The van der Waals surface area contributed by atoms with Gasteiger partial charge in [0.1, 0.15) is 11.8 Å². The minimum Gasteiger partial charge on any atom is -0.454 e. The second kappa shape index (κ2) is 5.33. The van der Waals surface area contributed by atoms with Crippen LogP contribution in [0.3, 0.4) is 0 Å². The van der Waals surface area contributed by atoms with E-state index in [-0.39, 0.29) is 0 Å². The van der Waals surface area contributed by atoms with Crippen LogP contribution in [0.2, 0.25) is 0 Å². The number of benzene rings is 1. The first-order valence-corrected chi connectivity index (χ1v) is 5.82. The quantitative estimate of drug-likeness (QED) is 0.815. The lowest BCUT2D eigenvalue weighted by Gasteiger charge is -2.10. The molecule has 18 heavy (non-hydrogen) atoms. The van der Waals surface area contributed by atoms with Crippen molar-refractivity contribution in [3.8, 4) is 17.6 Å². The molecule has 2 aromatic rings. The van der Waals surface area contributed by atoms with Crippen LogP contribution in [0.1, 0.15) is 30.9 Å². The highest BCUT2D eigenvalue weighted by Gasteiger charge is 2.06. The Morgan fingerprint density at radius 3 is 2.83 bits per heavy atom. The second-order valence-corrected chi connectivity index (χ2v) is 4.31. The first-order chi connectivity index (χ1) is 8.70. The van der Waals surface area contributed by atoms with Crippen LogP contribution in [-0.2, 0) is 0 Å². The van der Waals surface area contributed by atoms with Gasteiger partial charge in [-0.1, -0.05) is 26.0 Å². The van der Waals surface area contributed by atoms with Gasteiger partial charge in [0.05, 0.1) is 11.8 Å². The molecule has 0 bridgehead atoms. The highest BCUT2D eigenvalue weighted by molar-refractivity contribution is 5.43. The Morgan fingerprint density at radius 2 is 2.11 bits per heavy atom. The summed E-state index contributed by atoms with van der Waals surface area (Å²) >= 11 is 0. The van der Waals surface area contributed by atoms with Crippen molar-refractivity contribution in [1.29, 1.82) is 5.26 Å². The molecule has 0 N–H and O–H groups in total. The summed E-state index contributed by atoms with van der Waals surface area (Å²) < 4.78 is 5.71. The normalized spacial score (nSPS) is 10.1. The summed E-state index contributed by atoms with van der Waals surface area (Å²) in [4.78, 5) is 3.97. The van der Waals surface area contributed by atoms with Crippen molar-refractivity contribution in [2.24, 2.45) is 0 Å². The minimum absolute atomic E-state index is 0.442. The average molecular weight is 238 g/mol. The molecule has 0 aliphatic carbocycles. The van der Waals surface area contributed by atoms with Gasteiger partial charge in [-0.25, -0.2) is 0 Å². The van der Waals surface area contributed by atoms with E-state index >= 15 is 0 Å². The summed E-state index contributed by atoms with van der Waals surface area (Å²) in [5, 5.41) is 8.98. The van der Waals surface area contributed by atoms with E-state index in [1.807, 2.05) is 18.2 Å². The van der Waals surface area contributed by atoms with E-state index in [1.54, 1.807) is 18.5 Å². The maximum Gasteiger partial charge on any atom is 0.163 e. The fourth-order valence-electron chi connectivity index (χ4n) is 1.62. The largest absolute Gasteiger partial charge is 0.454 e. The van der Waals surface area contributed by atoms with Gasteiger partial charge < -0.3 is 4.74 Å². The van der Waals surface area contributed by atoms with Gasteiger partial charge in [-0.15, -0.1) is 0 Å². The number of pyridine rings is 1. The Bertz CT molecular complexity index is 585. The van der Waals surface area contributed by atoms with Crippen LogP contribution in [0.4, 0.5) is 0 Å². The molecule has 0 saturated heterocycles. The van der Waals surface area contributed by atoms with Crippen molar-refractivity contribution in [2.75, 3.05) is 0 Å². The third-order valence-electron chi connectivity index (χ3n) is 2.66. The molecule has 0 unspecified atom stereocenters. The molecule has 0 atom stereocenters. The van der Waals surface area contributed by atoms with E-state index in [0.717, 1.165) is 5.75 Å². The van der Waals surface area contributed by atoms with Crippen LogP contribution in [0, 0.1) is 11.3 Å². The molecule has 0 aliphatic rings. The highest BCUT2D eigenvalue weighted by atomic mass is 16.5. The zero-order chi connectivity index (χ0) is 13.0. The third-order valence-corrected chi connectivity index (χ3v) is 2.66. The first-order valence-electron chi connectivity index (χ1n) is 5.82. The number of hydrogen-bond donors (Lipinski definition) is 0. The first kappa shape index (κ1) is 12.1. The summed E-state index contributed by atoms with van der Waals surface area (Å²) in [6, 6.07) is 11.6. The molecule has 2 rings (SSSR count). The maximum absolute atomic E-state index is 8.98. The fourth-order valence-corrected chi connectivity index (χ4v) is 1.62. The van der Waals surface area contributed by atoms with Gasteiger partial charge in [-0.05, 0) is 29.7 Å². The van der Waals surface area contributed by atoms with Gasteiger partial charge >= 0.3 is 0 Å². The zero-order valence-corrected chi connectivity index (χ0v) is 10.4. The average Bonchev–Trinajstić information content (AvgIpc) is 2.39. The lowest BCUT2D eigenvalue weighted by Crippen LogP contribution is -1.91. The Hall–Kier alpha value is -2.34. The third kappa shape index (κ3) is 2.67. The number of hydrogen-bond acceptors (Lipinski definition) is 3. The molecule has 0 spiro atoms. The number of aromatic nitrogens is 1. The molecule has 3 nitrogen and oxygen atoms in total. The van der Waals surface area contributed by atoms with Gasteiger partial charge in [-0.3, -0.25) is 4.98 Å². The molecule has 0 amide bonds. The predicted octanol–water partition coefficient (Wildman–Crippen LogP) is 3.87. The molecule has 1 heterocycles. The van der Waals surface area contributed by atoms with Gasteiger partial charge in [0, 0.05) is 6.20 Å². The molecule has 0 fully saturated rings. The fraction of sp³-hybridized carbons (Fsp3) is 0.200. The van der Waals surface area contributed by atoms with Crippen LogP contribution in [-0.4, -0.2) is 4.98 Å². The Labute approximate surface area is 107 Å². The van der Waals surface area contributed by atoms with Gasteiger partial charge in [0.15, 0.2) is 5.75 Å². The number of nitrogens with zero attached hydrogens (tertiary/aromatic N) is 2. The molecule has 0 saturated carbocycles. The van der Waals surface area contributed by atoms with Crippen LogP contribution in [0.5, 0.6) is 11.5 Å². The van der Waals surface area contributed by atoms with Crippen molar-refractivity contribution in [1.82, 2.24) is 4.98 Å². The molecular weight excluding hydrogens is 224 g/mol. The summed E-state index contributed by atoms with van der Waals surface area (Å²) in [7, 11) is 0.